The highest BCUT2D eigenvalue weighted by Crippen LogP contribution is 2.43. The molecule has 0 bridgehead atoms. The molecule has 4 heteroatoms. The summed E-state index contributed by atoms with van der Waals surface area (Å²) in [6, 6.07) is 0. The van der Waals surface area contributed by atoms with E-state index in [4.69, 9.17) is 10.2 Å². The predicted octanol–water partition coefficient (Wildman–Crippen LogP) is 11.1. The zero-order valence-corrected chi connectivity index (χ0v) is 26.3. The van der Waals surface area contributed by atoms with Crippen molar-refractivity contribution in [2.75, 3.05) is 0 Å². The van der Waals surface area contributed by atoms with Gasteiger partial charge in [-0.05, 0) is 68.6 Å². The molecule has 0 saturated carbocycles. The van der Waals surface area contributed by atoms with Crippen LogP contribution in [0.5, 0.6) is 0 Å². The molecule has 0 heterocycles. The van der Waals surface area contributed by atoms with Crippen molar-refractivity contribution >= 4 is 11.9 Å². The Bertz CT molecular complexity index is 682. The Balaban J connectivity index is 2.79. The predicted molar refractivity (Wildman–Crippen MR) is 170 cm³/mol. The van der Waals surface area contributed by atoms with E-state index >= 15 is 0 Å². The molecule has 0 aromatic rings. The number of hydrogen-bond acceptors (Lipinski definition) is 2. The summed E-state index contributed by atoms with van der Waals surface area (Å²) in [4.78, 5) is 21.6. The average Bonchev–Trinajstić information content (AvgIpc) is 2.92. The van der Waals surface area contributed by atoms with Crippen LogP contribution < -0.4 is 0 Å². The van der Waals surface area contributed by atoms with Crippen molar-refractivity contribution in [2.45, 2.75) is 168 Å². The molecule has 0 aliphatic heterocycles. The molecule has 1 aliphatic rings. The average molecular weight is 561 g/mol. The number of carboxylic acids is 2. The van der Waals surface area contributed by atoms with Gasteiger partial charge in [-0.1, -0.05) is 134 Å². The van der Waals surface area contributed by atoms with Crippen molar-refractivity contribution in [3.8, 4) is 0 Å². The topological polar surface area (TPSA) is 74.6 Å². The van der Waals surface area contributed by atoms with Gasteiger partial charge in [-0.3, -0.25) is 9.59 Å². The van der Waals surface area contributed by atoms with E-state index in [9.17, 15) is 9.59 Å². The lowest BCUT2D eigenvalue weighted by Crippen LogP contribution is -2.30. The number of aliphatic carboxylic acids is 2. The quantitative estimate of drug-likeness (QED) is 0.0774. The van der Waals surface area contributed by atoms with Crippen molar-refractivity contribution in [2.24, 2.45) is 23.7 Å². The molecule has 0 spiro atoms. The first-order valence-electron chi connectivity index (χ1n) is 17.3. The Morgan fingerprint density at radius 3 is 1.60 bits per heavy atom. The van der Waals surface area contributed by atoms with E-state index in [0.717, 1.165) is 44.4 Å². The van der Waals surface area contributed by atoms with Gasteiger partial charge in [0.2, 0.25) is 0 Å². The van der Waals surface area contributed by atoms with Gasteiger partial charge < -0.3 is 10.2 Å². The minimum absolute atomic E-state index is 0.303. The molecule has 232 valence electrons. The number of unbranched alkanes of at least 4 members (excludes halogenated alkanes) is 15. The Hall–Kier alpha value is -1.58. The second-order valence-corrected chi connectivity index (χ2v) is 12.5. The molecule has 4 nitrogen and oxygen atoms in total. The molecular formula is C36H64O4. The number of allylic oxidation sites excluding steroid dienone is 4. The SMILES string of the molecule is CCCCCC/C=C/C1C(CCCCCCCC(=O)O)C=CC(CCCCCC)C1CCCCCCCC(=O)O. The van der Waals surface area contributed by atoms with E-state index in [1.165, 1.54) is 103 Å². The monoisotopic (exact) mass is 560 g/mol. The number of rotatable bonds is 27. The fourth-order valence-corrected chi connectivity index (χ4v) is 6.57. The van der Waals surface area contributed by atoms with Crippen LogP contribution in [0.2, 0.25) is 0 Å². The summed E-state index contributed by atoms with van der Waals surface area (Å²) in [5.74, 6) is 1.32. The van der Waals surface area contributed by atoms with Crippen LogP contribution in [-0.4, -0.2) is 22.2 Å². The molecule has 0 radical (unpaired) electrons. The maximum atomic E-state index is 10.8. The van der Waals surface area contributed by atoms with Crippen molar-refractivity contribution in [3.05, 3.63) is 24.3 Å². The molecule has 1 aliphatic carbocycles. The van der Waals surface area contributed by atoms with Crippen LogP contribution in [0.15, 0.2) is 24.3 Å². The van der Waals surface area contributed by atoms with E-state index in [1.54, 1.807) is 0 Å². The minimum atomic E-state index is -0.674. The Labute approximate surface area is 247 Å². The van der Waals surface area contributed by atoms with Gasteiger partial charge in [-0.25, -0.2) is 0 Å². The molecule has 0 saturated heterocycles. The second kappa shape index (κ2) is 25.2. The van der Waals surface area contributed by atoms with Crippen molar-refractivity contribution < 1.29 is 19.8 Å². The van der Waals surface area contributed by atoms with E-state index in [1.807, 2.05) is 0 Å². The summed E-state index contributed by atoms with van der Waals surface area (Å²) < 4.78 is 0. The Morgan fingerprint density at radius 1 is 0.575 bits per heavy atom. The highest BCUT2D eigenvalue weighted by Gasteiger charge is 2.33. The summed E-state index contributed by atoms with van der Waals surface area (Å²) in [5.41, 5.74) is 0. The fourth-order valence-electron chi connectivity index (χ4n) is 6.57. The first-order valence-corrected chi connectivity index (χ1v) is 17.3. The second-order valence-electron chi connectivity index (χ2n) is 12.5. The zero-order valence-electron chi connectivity index (χ0n) is 26.3. The smallest absolute Gasteiger partial charge is 0.303 e. The lowest BCUT2D eigenvalue weighted by Gasteiger charge is -2.39. The van der Waals surface area contributed by atoms with Crippen LogP contribution in [0, 0.1) is 23.7 Å². The van der Waals surface area contributed by atoms with Crippen LogP contribution in [0.4, 0.5) is 0 Å². The van der Waals surface area contributed by atoms with E-state index in [2.05, 4.69) is 38.2 Å². The Morgan fingerprint density at radius 2 is 1.02 bits per heavy atom. The largest absolute Gasteiger partial charge is 0.481 e. The third-order valence-electron chi connectivity index (χ3n) is 8.97. The molecule has 0 amide bonds. The molecule has 4 atom stereocenters. The zero-order chi connectivity index (χ0) is 29.3. The summed E-state index contributed by atoms with van der Waals surface area (Å²) in [5, 5.41) is 17.8. The minimum Gasteiger partial charge on any atom is -0.481 e. The van der Waals surface area contributed by atoms with Crippen LogP contribution in [0.1, 0.15) is 168 Å². The number of hydrogen-bond donors (Lipinski definition) is 2. The number of carboxylic acid groups (broad SMARTS) is 2. The first kappa shape index (κ1) is 36.4. The van der Waals surface area contributed by atoms with Crippen LogP contribution in [0.25, 0.3) is 0 Å². The van der Waals surface area contributed by atoms with Gasteiger partial charge in [0.1, 0.15) is 0 Å². The van der Waals surface area contributed by atoms with Gasteiger partial charge in [0.15, 0.2) is 0 Å². The summed E-state index contributed by atoms with van der Waals surface area (Å²) in [6.07, 6.45) is 37.4. The van der Waals surface area contributed by atoms with Gasteiger partial charge in [0.25, 0.3) is 0 Å². The van der Waals surface area contributed by atoms with Gasteiger partial charge in [0, 0.05) is 12.8 Å². The van der Waals surface area contributed by atoms with Crippen LogP contribution in [0.3, 0.4) is 0 Å². The van der Waals surface area contributed by atoms with Gasteiger partial charge in [0.05, 0.1) is 0 Å². The highest BCUT2D eigenvalue weighted by molar-refractivity contribution is 5.66. The summed E-state index contributed by atoms with van der Waals surface area (Å²) in [7, 11) is 0. The molecule has 0 aromatic carbocycles. The van der Waals surface area contributed by atoms with Crippen molar-refractivity contribution in [1.29, 1.82) is 0 Å². The lowest BCUT2D eigenvalue weighted by molar-refractivity contribution is -0.138. The van der Waals surface area contributed by atoms with Crippen LogP contribution in [-0.2, 0) is 9.59 Å². The maximum Gasteiger partial charge on any atom is 0.303 e. The van der Waals surface area contributed by atoms with Crippen molar-refractivity contribution in [1.82, 2.24) is 0 Å². The molecule has 1 rings (SSSR count). The van der Waals surface area contributed by atoms with E-state index in [0.29, 0.717) is 30.6 Å². The van der Waals surface area contributed by atoms with E-state index in [-0.39, 0.29) is 0 Å². The molecule has 2 N–H and O–H groups in total. The molecule has 40 heavy (non-hydrogen) atoms. The van der Waals surface area contributed by atoms with E-state index < -0.39 is 11.9 Å². The summed E-state index contributed by atoms with van der Waals surface area (Å²) >= 11 is 0. The third-order valence-corrected chi connectivity index (χ3v) is 8.97. The van der Waals surface area contributed by atoms with Crippen molar-refractivity contribution in [3.63, 3.8) is 0 Å². The number of carbonyl (C=O) groups is 2. The Kier molecular flexibility index (Phi) is 22.9. The maximum absolute atomic E-state index is 10.8. The van der Waals surface area contributed by atoms with Gasteiger partial charge in [-0.15, -0.1) is 0 Å². The standard InChI is InChI=1S/C36H64O4/c1-3-5-7-9-13-19-25-34-32(24-18-12-10-15-21-27-35(37)38)30-29-31(23-17-8-6-4-2)33(34)26-20-14-11-16-22-28-36(39)40/h19,25,29-34H,3-18,20-24,26-28H2,1-2H3,(H,37,38)(H,39,40)/b25-19+. The third kappa shape index (κ3) is 18.7. The summed E-state index contributed by atoms with van der Waals surface area (Å²) in [6.45, 7) is 4.57. The molecule has 0 aromatic heterocycles. The van der Waals surface area contributed by atoms with Crippen LogP contribution >= 0.6 is 0 Å². The lowest BCUT2D eigenvalue weighted by atomic mass is 9.66. The van der Waals surface area contributed by atoms with Gasteiger partial charge in [-0.2, -0.15) is 0 Å². The highest BCUT2D eigenvalue weighted by atomic mass is 16.4. The molecular weight excluding hydrogens is 496 g/mol. The normalized spacial score (nSPS) is 20.9. The first-order chi connectivity index (χ1) is 19.5. The molecule has 0 fully saturated rings. The van der Waals surface area contributed by atoms with Gasteiger partial charge >= 0.3 is 11.9 Å². The fraction of sp³-hybridized carbons (Fsp3) is 0.833. The molecule has 4 unspecified atom stereocenters.